The number of amides is 1. The third-order valence-electron chi connectivity index (χ3n) is 6.54. The first-order valence-corrected chi connectivity index (χ1v) is 12.9. The van der Waals surface area contributed by atoms with E-state index < -0.39 is 17.7 Å². The van der Waals surface area contributed by atoms with Gasteiger partial charge in [0.25, 0.3) is 11.7 Å². The standard InChI is InChI=1S/C29H36N2O6/c1-6-14-36-23-11-8-19(17-24(23)35-7-2)26-25(28(33)29(34)31(26)13-12-30(4)5)27(32)20-9-10-22-21(16-20)15-18(3)37-22/h8-11,16-18,26,32H,6-7,12-15H2,1-5H3/b27-25-. The number of hydrogen-bond acceptors (Lipinski definition) is 7. The molecular weight excluding hydrogens is 472 g/mol. The summed E-state index contributed by atoms with van der Waals surface area (Å²) in [6.07, 6.45) is 1.62. The molecule has 1 saturated heterocycles. The molecule has 0 spiro atoms. The van der Waals surface area contributed by atoms with Gasteiger partial charge >= 0.3 is 0 Å². The van der Waals surface area contributed by atoms with E-state index in [1.807, 2.05) is 51.9 Å². The first-order valence-electron chi connectivity index (χ1n) is 12.9. The van der Waals surface area contributed by atoms with Crippen molar-refractivity contribution < 1.29 is 28.9 Å². The molecule has 2 aromatic rings. The zero-order chi connectivity index (χ0) is 26.7. The van der Waals surface area contributed by atoms with Gasteiger partial charge in [-0.3, -0.25) is 9.59 Å². The van der Waals surface area contributed by atoms with Crippen LogP contribution in [0.2, 0.25) is 0 Å². The molecule has 4 rings (SSSR count). The highest BCUT2D eigenvalue weighted by Gasteiger charge is 2.46. The van der Waals surface area contributed by atoms with Crippen LogP contribution in [0, 0.1) is 0 Å². The fraction of sp³-hybridized carbons (Fsp3) is 0.448. The zero-order valence-electron chi connectivity index (χ0n) is 22.2. The lowest BCUT2D eigenvalue weighted by Gasteiger charge is -2.27. The molecule has 2 aliphatic rings. The number of likely N-dealkylation sites (tertiary alicyclic amines) is 1. The van der Waals surface area contributed by atoms with Crippen LogP contribution in [0.15, 0.2) is 42.0 Å². The van der Waals surface area contributed by atoms with Crippen LogP contribution in [0.5, 0.6) is 17.2 Å². The van der Waals surface area contributed by atoms with Gasteiger partial charge in [0.2, 0.25) is 0 Å². The second kappa shape index (κ2) is 11.3. The second-order valence-corrected chi connectivity index (χ2v) is 9.74. The molecule has 37 heavy (non-hydrogen) atoms. The Hall–Kier alpha value is -3.52. The van der Waals surface area contributed by atoms with Crippen LogP contribution in [0.4, 0.5) is 0 Å². The maximum Gasteiger partial charge on any atom is 0.295 e. The number of nitrogens with zero attached hydrogens (tertiary/aromatic N) is 2. The molecule has 2 heterocycles. The summed E-state index contributed by atoms with van der Waals surface area (Å²) < 4.78 is 17.5. The number of aliphatic hydroxyl groups is 1. The summed E-state index contributed by atoms with van der Waals surface area (Å²) in [4.78, 5) is 30.1. The molecule has 2 atom stereocenters. The summed E-state index contributed by atoms with van der Waals surface area (Å²) in [6, 6.07) is 10.0. The highest BCUT2D eigenvalue weighted by atomic mass is 16.5. The zero-order valence-corrected chi connectivity index (χ0v) is 22.2. The number of rotatable bonds is 10. The SMILES string of the molecule is CCCOc1ccc(C2/C(=C(/O)c3ccc4c(c3)CC(C)O4)C(=O)C(=O)N2CCN(C)C)cc1OCC. The van der Waals surface area contributed by atoms with Crippen molar-refractivity contribution in [1.29, 1.82) is 0 Å². The molecule has 0 bridgehead atoms. The summed E-state index contributed by atoms with van der Waals surface area (Å²) in [5.74, 6) is 0.394. The number of carbonyl (C=O) groups excluding carboxylic acids is 2. The van der Waals surface area contributed by atoms with Crippen molar-refractivity contribution in [3.05, 3.63) is 58.7 Å². The Morgan fingerprint density at radius 3 is 2.59 bits per heavy atom. The lowest BCUT2D eigenvalue weighted by molar-refractivity contribution is -0.140. The normalized spacial score (nSPS) is 20.3. The van der Waals surface area contributed by atoms with Gasteiger partial charge in [-0.2, -0.15) is 0 Å². The summed E-state index contributed by atoms with van der Waals surface area (Å²) in [5.41, 5.74) is 2.19. The van der Waals surface area contributed by atoms with Gasteiger partial charge in [0.15, 0.2) is 11.5 Å². The van der Waals surface area contributed by atoms with E-state index in [-0.39, 0.29) is 17.4 Å². The number of benzene rings is 2. The number of carbonyl (C=O) groups is 2. The molecule has 198 valence electrons. The van der Waals surface area contributed by atoms with Crippen molar-refractivity contribution in [1.82, 2.24) is 9.80 Å². The van der Waals surface area contributed by atoms with E-state index in [9.17, 15) is 14.7 Å². The minimum absolute atomic E-state index is 0.0504. The maximum absolute atomic E-state index is 13.4. The molecule has 2 aliphatic heterocycles. The number of ether oxygens (including phenoxy) is 3. The van der Waals surface area contributed by atoms with Crippen LogP contribution in [-0.4, -0.2) is 73.1 Å². The lowest BCUT2D eigenvalue weighted by Crippen LogP contribution is -2.35. The summed E-state index contributed by atoms with van der Waals surface area (Å²) in [7, 11) is 3.82. The Labute approximate surface area is 218 Å². The highest BCUT2D eigenvalue weighted by molar-refractivity contribution is 6.46. The minimum Gasteiger partial charge on any atom is -0.507 e. The maximum atomic E-state index is 13.4. The molecule has 2 unspecified atom stereocenters. The van der Waals surface area contributed by atoms with Crippen molar-refractivity contribution in [2.24, 2.45) is 0 Å². The van der Waals surface area contributed by atoms with Crippen LogP contribution < -0.4 is 14.2 Å². The fourth-order valence-electron chi connectivity index (χ4n) is 4.78. The van der Waals surface area contributed by atoms with Crippen LogP contribution in [0.3, 0.4) is 0 Å². The monoisotopic (exact) mass is 508 g/mol. The van der Waals surface area contributed by atoms with Gasteiger partial charge in [-0.1, -0.05) is 13.0 Å². The van der Waals surface area contributed by atoms with E-state index in [1.54, 1.807) is 24.3 Å². The molecule has 1 amide bonds. The summed E-state index contributed by atoms with van der Waals surface area (Å²) in [6.45, 7) is 7.76. The molecule has 8 heteroatoms. The number of aliphatic hydroxyl groups excluding tert-OH is 1. The van der Waals surface area contributed by atoms with E-state index in [0.29, 0.717) is 55.4 Å². The summed E-state index contributed by atoms with van der Waals surface area (Å²) in [5, 5.41) is 11.4. The number of fused-ring (bicyclic) bond motifs is 1. The minimum atomic E-state index is -0.761. The molecule has 0 aliphatic carbocycles. The van der Waals surface area contributed by atoms with Gasteiger partial charge in [-0.15, -0.1) is 0 Å². The van der Waals surface area contributed by atoms with Gasteiger partial charge in [0, 0.05) is 25.1 Å². The largest absolute Gasteiger partial charge is 0.507 e. The van der Waals surface area contributed by atoms with Crippen LogP contribution in [-0.2, 0) is 16.0 Å². The smallest absolute Gasteiger partial charge is 0.295 e. The predicted molar refractivity (Wildman–Crippen MR) is 141 cm³/mol. The van der Waals surface area contributed by atoms with E-state index in [2.05, 4.69) is 0 Å². The third kappa shape index (κ3) is 5.44. The van der Waals surface area contributed by atoms with Crippen LogP contribution in [0.25, 0.3) is 5.76 Å². The lowest BCUT2D eigenvalue weighted by atomic mass is 9.94. The van der Waals surface area contributed by atoms with Crippen molar-refractivity contribution in [2.45, 2.75) is 45.8 Å². The van der Waals surface area contributed by atoms with E-state index in [4.69, 9.17) is 14.2 Å². The molecule has 2 aromatic carbocycles. The van der Waals surface area contributed by atoms with Crippen molar-refractivity contribution >= 4 is 17.4 Å². The Morgan fingerprint density at radius 1 is 1.11 bits per heavy atom. The van der Waals surface area contributed by atoms with Crippen molar-refractivity contribution in [2.75, 3.05) is 40.4 Å². The van der Waals surface area contributed by atoms with Gasteiger partial charge in [0.05, 0.1) is 24.8 Å². The van der Waals surface area contributed by atoms with Gasteiger partial charge in [-0.05, 0) is 75.8 Å². The molecule has 8 nitrogen and oxygen atoms in total. The number of likely N-dealkylation sites (N-methyl/N-ethyl adjacent to an activating group) is 1. The Kier molecular flexibility index (Phi) is 8.07. The average Bonchev–Trinajstić information content (AvgIpc) is 3.36. The molecule has 1 N–H and O–H groups in total. The number of Topliss-reactive ketones (excluding diaryl/α,β-unsaturated/α-hetero) is 1. The van der Waals surface area contributed by atoms with Gasteiger partial charge in [0.1, 0.15) is 17.6 Å². The molecule has 0 saturated carbocycles. The van der Waals surface area contributed by atoms with Crippen LogP contribution in [0.1, 0.15) is 49.9 Å². The Bertz CT molecular complexity index is 1200. The van der Waals surface area contributed by atoms with E-state index >= 15 is 0 Å². The first-order chi connectivity index (χ1) is 17.7. The molecular formula is C29H36N2O6. The van der Waals surface area contributed by atoms with Gasteiger partial charge < -0.3 is 29.1 Å². The topological polar surface area (TPSA) is 88.5 Å². The Morgan fingerprint density at radius 2 is 1.89 bits per heavy atom. The second-order valence-electron chi connectivity index (χ2n) is 9.74. The number of ketones is 1. The van der Waals surface area contributed by atoms with Crippen LogP contribution >= 0.6 is 0 Å². The molecule has 1 fully saturated rings. The van der Waals surface area contributed by atoms with E-state index in [0.717, 1.165) is 17.7 Å². The number of hydrogen-bond donors (Lipinski definition) is 1. The van der Waals surface area contributed by atoms with Crippen molar-refractivity contribution in [3.63, 3.8) is 0 Å². The average molecular weight is 509 g/mol. The molecule has 0 radical (unpaired) electrons. The summed E-state index contributed by atoms with van der Waals surface area (Å²) >= 11 is 0. The molecule has 0 aromatic heterocycles. The quantitative estimate of drug-likeness (QED) is 0.293. The van der Waals surface area contributed by atoms with E-state index in [1.165, 1.54) is 4.90 Å². The Balaban J connectivity index is 1.82. The van der Waals surface area contributed by atoms with Crippen molar-refractivity contribution in [3.8, 4) is 17.2 Å². The predicted octanol–water partition coefficient (Wildman–Crippen LogP) is 4.18. The third-order valence-corrected chi connectivity index (χ3v) is 6.54. The highest BCUT2D eigenvalue weighted by Crippen LogP contribution is 2.42. The first kappa shape index (κ1) is 26.5. The van der Waals surface area contributed by atoms with Gasteiger partial charge in [-0.25, -0.2) is 0 Å². The fourth-order valence-corrected chi connectivity index (χ4v) is 4.78.